The first kappa shape index (κ1) is 11.3. The summed E-state index contributed by atoms with van der Waals surface area (Å²) in [5, 5.41) is 0.324. The maximum atomic E-state index is 5.85. The normalized spacial score (nSPS) is 19.5. The van der Waals surface area contributed by atoms with Crippen molar-refractivity contribution in [3.63, 3.8) is 0 Å². The fraction of sp³-hybridized carbons (Fsp3) is 0.500. The lowest BCUT2D eigenvalue weighted by Crippen LogP contribution is -2.24. The zero-order valence-corrected chi connectivity index (χ0v) is 11.2. The van der Waals surface area contributed by atoms with Gasteiger partial charge in [0.15, 0.2) is 11.0 Å². The zero-order chi connectivity index (χ0) is 11.1. The molecular formula is C8H13ClN4P2. The van der Waals surface area contributed by atoms with Crippen molar-refractivity contribution in [2.45, 2.75) is 11.3 Å². The highest BCUT2D eigenvalue weighted by Gasteiger charge is 2.31. The Kier molecular flexibility index (Phi) is 3.03. The molecule has 1 aromatic rings. The van der Waals surface area contributed by atoms with E-state index in [-0.39, 0.29) is 4.90 Å². The molecule has 0 radical (unpaired) electrons. The molecule has 2 unspecified atom stereocenters. The van der Waals surface area contributed by atoms with Gasteiger partial charge in [0.05, 0.1) is 0 Å². The molecule has 4 nitrogen and oxygen atoms in total. The summed E-state index contributed by atoms with van der Waals surface area (Å²) in [5.74, 6) is 0.738. The maximum Gasteiger partial charge on any atom is 0.157 e. The van der Waals surface area contributed by atoms with E-state index in [4.69, 9.17) is 17.3 Å². The second-order valence-electron chi connectivity index (χ2n) is 3.81. The van der Waals surface area contributed by atoms with Crippen molar-refractivity contribution >= 4 is 41.6 Å². The number of rotatable bonds is 1. The van der Waals surface area contributed by atoms with Gasteiger partial charge in [-0.15, -0.1) is 18.5 Å². The van der Waals surface area contributed by atoms with Crippen molar-refractivity contribution < 1.29 is 0 Å². The summed E-state index contributed by atoms with van der Waals surface area (Å²) in [7, 11) is 5.67. The van der Waals surface area contributed by atoms with Gasteiger partial charge in [-0.2, -0.15) is 0 Å². The molecule has 1 aromatic heterocycles. The molecule has 0 spiro atoms. The van der Waals surface area contributed by atoms with E-state index in [1.165, 1.54) is 6.33 Å². The van der Waals surface area contributed by atoms with E-state index in [2.05, 4.69) is 33.3 Å². The number of halogens is 1. The molecule has 1 aliphatic rings. The van der Waals surface area contributed by atoms with Crippen LogP contribution in [0.15, 0.2) is 6.33 Å². The van der Waals surface area contributed by atoms with Crippen LogP contribution in [0, 0.1) is 0 Å². The highest BCUT2D eigenvalue weighted by Crippen LogP contribution is 2.40. The van der Waals surface area contributed by atoms with Crippen LogP contribution in [0.2, 0.25) is 5.15 Å². The van der Waals surface area contributed by atoms with E-state index in [1.807, 2.05) is 0 Å². The van der Waals surface area contributed by atoms with Crippen LogP contribution in [0.3, 0.4) is 0 Å². The van der Waals surface area contributed by atoms with Crippen molar-refractivity contribution in [3.05, 3.63) is 11.5 Å². The molecule has 2 rings (SSSR count). The predicted molar refractivity (Wildman–Crippen MR) is 70.4 cm³/mol. The minimum absolute atomic E-state index is 0.157. The number of hydrogen-bond donors (Lipinski definition) is 1. The standard InChI is InChI=1S/C8H13ClN4P2/c9-6-5(10)7(12-4-11-6)13-2-1-8(14,15)3-13/h4H,1-3,10,14-15H2. The number of nitrogens with two attached hydrogens (primary N) is 1. The van der Waals surface area contributed by atoms with Crippen LogP contribution in [0.1, 0.15) is 6.42 Å². The monoisotopic (exact) mass is 262 g/mol. The van der Waals surface area contributed by atoms with Gasteiger partial charge in [0.1, 0.15) is 12.0 Å². The summed E-state index contributed by atoms with van der Waals surface area (Å²) < 4.78 is 0. The predicted octanol–water partition coefficient (Wildman–Crippen LogP) is 1.37. The maximum absolute atomic E-state index is 5.85. The average molecular weight is 263 g/mol. The lowest BCUT2D eigenvalue weighted by atomic mass is 10.4. The van der Waals surface area contributed by atoms with E-state index in [0.717, 1.165) is 25.3 Å². The molecule has 1 fully saturated rings. The zero-order valence-electron chi connectivity index (χ0n) is 8.15. The third-order valence-corrected chi connectivity index (χ3v) is 3.69. The van der Waals surface area contributed by atoms with Crippen LogP contribution in [-0.4, -0.2) is 28.0 Å². The van der Waals surface area contributed by atoms with Crippen LogP contribution >= 0.6 is 30.1 Å². The van der Waals surface area contributed by atoms with E-state index in [0.29, 0.717) is 10.8 Å². The molecule has 0 aromatic carbocycles. The Morgan fingerprint density at radius 2 is 2.20 bits per heavy atom. The van der Waals surface area contributed by atoms with Crippen LogP contribution in [0.25, 0.3) is 0 Å². The first-order valence-corrected chi connectivity index (χ1v) is 6.11. The average Bonchev–Trinajstić information content (AvgIpc) is 2.51. The first-order valence-electron chi connectivity index (χ1n) is 4.58. The van der Waals surface area contributed by atoms with E-state index in [1.54, 1.807) is 0 Å². The Labute approximate surface area is 98.4 Å². The Hall–Kier alpha value is -0.170. The summed E-state index contributed by atoms with van der Waals surface area (Å²) >= 11 is 5.85. The largest absolute Gasteiger partial charge is 0.393 e. The summed E-state index contributed by atoms with van der Waals surface area (Å²) in [6, 6.07) is 0. The topological polar surface area (TPSA) is 55.0 Å². The summed E-state index contributed by atoms with van der Waals surface area (Å²) in [4.78, 5) is 10.3. The third kappa shape index (κ3) is 2.33. The Balaban J connectivity index is 2.28. The van der Waals surface area contributed by atoms with Crippen LogP contribution < -0.4 is 10.6 Å². The molecule has 82 valence electrons. The number of aromatic nitrogens is 2. The number of nitrogen functional groups attached to an aromatic ring is 1. The third-order valence-electron chi connectivity index (χ3n) is 2.45. The van der Waals surface area contributed by atoms with Crippen molar-refractivity contribution in [3.8, 4) is 0 Å². The van der Waals surface area contributed by atoms with Crippen molar-refractivity contribution in [1.82, 2.24) is 9.97 Å². The molecule has 0 aliphatic carbocycles. The van der Waals surface area contributed by atoms with Gasteiger partial charge in [-0.1, -0.05) is 11.6 Å². The molecule has 15 heavy (non-hydrogen) atoms. The Morgan fingerprint density at radius 1 is 1.47 bits per heavy atom. The number of hydrogen-bond acceptors (Lipinski definition) is 4. The summed E-state index contributed by atoms with van der Waals surface area (Å²) in [6.07, 6.45) is 2.52. The van der Waals surface area contributed by atoms with Crippen LogP contribution in [-0.2, 0) is 0 Å². The molecule has 2 heterocycles. The quantitative estimate of drug-likeness (QED) is 0.613. The van der Waals surface area contributed by atoms with E-state index in [9.17, 15) is 0 Å². The lowest BCUT2D eigenvalue weighted by Gasteiger charge is -2.21. The molecule has 1 aliphatic heterocycles. The highest BCUT2D eigenvalue weighted by molar-refractivity contribution is 7.40. The minimum atomic E-state index is 0.157. The minimum Gasteiger partial charge on any atom is -0.393 e. The summed E-state index contributed by atoms with van der Waals surface area (Å²) in [6.45, 7) is 1.82. The highest BCUT2D eigenvalue weighted by atomic mass is 35.5. The van der Waals surface area contributed by atoms with Gasteiger partial charge >= 0.3 is 0 Å². The molecule has 1 saturated heterocycles. The van der Waals surface area contributed by atoms with Gasteiger partial charge in [-0.25, -0.2) is 9.97 Å². The molecular weight excluding hydrogens is 250 g/mol. The lowest BCUT2D eigenvalue weighted by molar-refractivity contribution is 0.904. The van der Waals surface area contributed by atoms with Crippen LogP contribution in [0.4, 0.5) is 11.5 Å². The molecule has 2 N–H and O–H groups in total. The van der Waals surface area contributed by atoms with E-state index >= 15 is 0 Å². The van der Waals surface area contributed by atoms with Gasteiger partial charge in [0.25, 0.3) is 0 Å². The second kappa shape index (κ2) is 4.01. The molecule has 2 atom stereocenters. The summed E-state index contributed by atoms with van der Waals surface area (Å²) in [5.41, 5.74) is 6.30. The van der Waals surface area contributed by atoms with E-state index < -0.39 is 0 Å². The number of nitrogens with zero attached hydrogens (tertiary/aromatic N) is 3. The van der Waals surface area contributed by atoms with Gasteiger partial charge < -0.3 is 10.6 Å². The van der Waals surface area contributed by atoms with Gasteiger partial charge in [-0.3, -0.25) is 0 Å². The first-order chi connectivity index (χ1) is 6.99. The molecule has 7 heteroatoms. The number of anilines is 2. The van der Waals surface area contributed by atoms with Gasteiger partial charge in [0.2, 0.25) is 0 Å². The van der Waals surface area contributed by atoms with Gasteiger partial charge in [-0.05, 0) is 6.42 Å². The van der Waals surface area contributed by atoms with Crippen molar-refractivity contribution in [2.24, 2.45) is 0 Å². The fourth-order valence-corrected chi connectivity index (χ4v) is 2.48. The Bertz CT molecular complexity index is 385. The Morgan fingerprint density at radius 3 is 2.80 bits per heavy atom. The molecule has 0 amide bonds. The smallest absolute Gasteiger partial charge is 0.157 e. The second-order valence-corrected chi connectivity index (χ2v) is 7.13. The van der Waals surface area contributed by atoms with Crippen molar-refractivity contribution in [1.29, 1.82) is 0 Å². The van der Waals surface area contributed by atoms with Gasteiger partial charge in [0, 0.05) is 18.0 Å². The fourth-order valence-electron chi connectivity index (χ4n) is 1.65. The van der Waals surface area contributed by atoms with Crippen molar-refractivity contribution in [2.75, 3.05) is 23.7 Å². The SMILES string of the molecule is Nc1c(Cl)ncnc1N1CCC(P)(P)C1. The van der Waals surface area contributed by atoms with Crippen LogP contribution in [0.5, 0.6) is 0 Å². The molecule has 0 saturated carbocycles. The molecule has 0 bridgehead atoms.